The molecule has 0 saturated carbocycles. The molecule has 4 heteroatoms. The lowest BCUT2D eigenvalue weighted by Gasteiger charge is -2.04. The van der Waals surface area contributed by atoms with Crippen molar-refractivity contribution >= 4 is 21.7 Å². The third kappa shape index (κ3) is 2.67. The van der Waals surface area contributed by atoms with Crippen molar-refractivity contribution in [2.45, 2.75) is 11.3 Å². The van der Waals surface area contributed by atoms with Gasteiger partial charge in [-0.15, -0.1) is 0 Å². The summed E-state index contributed by atoms with van der Waals surface area (Å²) in [6.45, 7) is 0. The maximum absolute atomic E-state index is 12.6. The maximum Gasteiger partial charge on any atom is 0.190 e. The fraction of sp³-hybridized carbons (Fsp3) is 0.118. The molecular formula is C17H14O3S. The van der Waals surface area contributed by atoms with Gasteiger partial charge in [0.2, 0.25) is 0 Å². The lowest BCUT2D eigenvalue weighted by molar-refractivity contribution is 0.103. The molecule has 1 heterocycles. The molecule has 2 aromatic rings. The van der Waals surface area contributed by atoms with Crippen LogP contribution in [0.1, 0.15) is 22.3 Å². The fourth-order valence-electron chi connectivity index (χ4n) is 2.45. The van der Waals surface area contributed by atoms with Crippen molar-refractivity contribution in [2.75, 3.05) is 5.75 Å². The quantitative estimate of drug-likeness (QED) is 0.760. The van der Waals surface area contributed by atoms with Gasteiger partial charge < -0.3 is 0 Å². The third-order valence-electron chi connectivity index (χ3n) is 3.54. The molecule has 2 aromatic carbocycles. The molecule has 0 aliphatic carbocycles. The zero-order valence-corrected chi connectivity index (χ0v) is 12.1. The van der Waals surface area contributed by atoms with Crippen LogP contribution in [0, 0.1) is 0 Å². The van der Waals surface area contributed by atoms with Gasteiger partial charge in [0.1, 0.15) is 0 Å². The van der Waals surface area contributed by atoms with E-state index in [4.69, 9.17) is 0 Å². The average molecular weight is 298 g/mol. The number of ketones is 1. The van der Waals surface area contributed by atoms with Crippen LogP contribution in [-0.4, -0.2) is 20.0 Å². The number of carbonyl (C=O) groups excluding carboxylic acids is 1. The molecular weight excluding hydrogens is 284 g/mol. The molecule has 3 nitrogen and oxygen atoms in total. The Bertz CT molecular complexity index is 818. The highest BCUT2D eigenvalue weighted by Crippen LogP contribution is 2.27. The lowest BCUT2D eigenvalue weighted by atomic mass is 9.99. The predicted molar refractivity (Wildman–Crippen MR) is 81.9 cm³/mol. The molecule has 0 N–H and O–H groups in total. The molecule has 21 heavy (non-hydrogen) atoms. The summed E-state index contributed by atoms with van der Waals surface area (Å²) in [4.78, 5) is 12.7. The van der Waals surface area contributed by atoms with Crippen molar-refractivity contribution in [3.8, 4) is 0 Å². The molecule has 106 valence electrons. The van der Waals surface area contributed by atoms with Crippen LogP contribution in [0.3, 0.4) is 0 Å². The molecule has 0 spiro atoms. The molecule has 0 fully saturated rings. The molecule has 0 atom stereocenters. The summed E-state index contributed by atoms with van der Waals surface area (Å²) in [5.74, 6) is -0.232. The van der Waals surface area contributed by atoms with Crippen LogP contribution in [-0.2, 0) is 9.84 Å². The fourth-order valence-corrected chi connectivity index (χ4v) is 3.94. The van der Waals surface area contributed by atoms with Gasteiger partial charge in [0.25, 0.3) is 0 Å². The van der Waals surface area contributed by atoms with E-state index < -0.39 is 9.84 Å². The Morgan fingerprint density at radius 2 is 1.57 bits per heavy atom. The zero-order chi connectivity index (χ0) is 14.9. The second kappa shape index (κ2) is 5.30. The van der Waals surface area contributed by atoms with Crippen LogP contribution in [0.5, 0.6) is 0 Å². The Morgan fingerprint density at radius 3 is 2.33 bits per heavy atom. The van der Waals surface area contributed by atoms with Crippen LogP contribution in [0.4, 0.5) is 0 Å². The van der Waals surface area contributed by atoms with Crippen molar-refractivity contribution in [3.63, 3.8) is 0 Å². The average Bonchev–Trinajstić information content (AvgIpc) is 2.60. The highest BCUT2D eigenvalue weighted by molar-refractivity contribution is 7.91. The summed E-state index contributed by atoms with van der Waals surface area (Å²) >= 11 is 0. The number of allylic oxidation sites excluding steroid dienone is 1. The summed E-state index contributed by atoms with van der Waals surface area (Å²) in [6, 6.07) is 15.9. The minimum atomic E-state index is -3.40. The van der Waals surface area contributed by atoms with Gasteiger partial charge >= 0.3 is 0 Å². The van der Waals surface area contributed by atoms with Crippen molar-refractivity contribution in [1.29, 1.82) is 0 Å². The Hall–Kier alpha value is -2.20. The summed E-state index contributed by atoms with van der Waals surface area (Å²) < 4.78 is 24.5. The first-order valence-corrected chi connectivity index (χ1v) is 8.35. The van der Waals surface area contributed by atoms with E-state index in [9.17, 15) is 13.2 Å². The zero-order valence-electron chi connectivity index (χ0n) is 11.3. The van der Waals surface area contributed by atoms with Crippen LogP contribution in [0.2, 0.25) is 0 Å². The van der Waals surface area contributed by atoms with E-state index in [1.165, 1.54) is 6.07 Å². The number of Topliss-reactive ketones (excluding diaryl/α,β-unsaturated/α-hetero) is 1. The molecule has 0 amide bonds. The molecule has 0 unspecified atom stereocenters. The van der Waals surface area contributed by atoms with Gasteiger partial charge in [0.15, 0.2) is 15.6 Å². The maximum atomic E-state index is 12.6. The van der Waals surface area contributed by atoms with E-state index >= 15 is 0 Å². The minimum Gasteiger partial charge on any atom is -0.289 e. The second-order valence-electron chi connectivity index (χ2n) is 4.97. The number of hydrogen-bond donors (Lipinski definition) is 0. The molecule has 1 aliphatic rings. The minimum absolute atomic E-state index is 0.0333. The van der Waals surface area contributed by atoms with Gasteiger partial charge in [-0.05, 0) is 30.2 Å². The van der Waals surface area contributed by atoms with E-state index in [1.807, 2.05) is 30.3 Å². The van der Waals surface area contributed by atoms with Gasteiger partial charge in [-0.2, -0.15) is 0 Å². The molecule has 3 rings (SSSR count). The molecule has 1 aliphatic heterocycles. The van der Waals surface area contributed by atoms with E-state index in [0.717, 1.165) is 5.56 Å². The smallest absolute Gasteiger partial charge is 0.190 e. The Balaban J connectivity index is 2.13. The number of rotatable bonds is 1. The second-order valence-corrected chi connectivity index (χ2v) is 7.05. The monoisotopic (exact) mass is 298 g/mol. The summed E-state index contributed by atoms with van der Waals surface area (Å²) in [6.07, 6.45) is 2.02. The summed E-state index contributed by atoms with van der Waals surface area (Å²) in [7, 11) is -3.40. The number of fused-ring (bicyclic) bond motifs is 1. The van der Waals surface area contributed by atoms with Gasteiger partial charge in [-0.25, -0.2) is 8.42 Å². The molecule has 0 aromatic heterocycles. The number of sulfone groups is 1. The van der Waals surface area contributed by atoms with Crippen molar-refractivity contribution in [3.05, 3.63) is 71.3 Å². The molecule has 0 radical (unpaired) electrons. The van der Waals surface area contributed by atoms with Crippen LogP contribution in [0.15, 0.2) is 65.1 Å². The van der Waals surface area contributed by atoms with Crippen LogP contribution >= 0.6 is 0 Å². The Morgan fingerprint density at radius 1 is 0.905 bits per heavy atom. The van der Waals surface area contributed by atoms with Crippen LogP contribution in [0.25, 0.3) is 6.08 Å². The van der Waals surface area contributed by atoms with E-state index in [0.29, 0.717) is 5.57 Å². The summed E-state index contributed by atoms with van der Waals surface area (Å²) in [5, 5.41) is 0. The van der Waals surface area contributed by atoms with Gasteiger partial charge in [-0.3, -0.25) is 4.79 Å². The van der Waals surface area contributed by atoms with Crippen molar-refractivity contribution in [1.82, 2.24) is 0 Å². The van der Waals surface area contributed by atoms with E-state index in [1.54, 1.807) is 24.3 Å². The standard InChI is InChI=1S/C17H14O3S/c18-17-14(12-13-6-2-1-3-7-13)10-11-21(19,20)16-9-5-4-8-15(16)17/h1-9,12H,10-11H2/b14-12+. The Kier molecular flexibility index (Phi) is 3.47. The number of carbonyl (C=O) groups is 1. The highest BCUT2D eigenvalue weighted by Gasteiger charge is 2.28. The predicted octanol–water partition coefficient (Wildman–Crippen LogP) is 3.13. The van der Waals surface area contributed by atoms with Crippen molar-refractivity contribution in [2.24, 2.45) is 0 Å². The van der Waals surface area contributed by atoms with E-state index in [2.05, 4.69) is 0 Å². The first kappa shape index (κ1) is 13.8. The summed E-state index contributed by atoms with van der Waals surface area (Å²) in [5.41, 5.74) is 1.71. The van der Waals surface area contributed by atoms with Crippen LogP contribution < -0.4 is 0 Å². The van der Waals surface area contributed by atoms with E-state index in [-0.39, 0.29) is 28.4 Å². The normalized spacial score (nSPS) is 19.0. The third-order valence-corrected chi connectivity index (χ3v) is 5.31. The first-order chi connectivity index (χ1) is 10.1. The van der Waals surface area contributed by atoms with Gasteiger partial charge in [0, 0.05) is 11.1 Å². The number of benzene rings is 2. The number of hydrogen-bond acceptors (Lipinski definition) is 3. The first-order valence-electron chi connectivity index (χ1n) is 6.70. The SMILES string of the molecule is O=C1/C(=C/c2ccccc2)CCS(=O)(=O)c2ccccc21. The highest BCUT2D eigenvalue weighted by atomic mass is 32.2. The van der Waals surface area contributed by atoms with Gasteiger partial charge in [-0.1, -0.05) is 42.5 Å². The lowest BCUT2D eigenvalue weighted by Crippen LogP contribution is -2.06. The topological polar surface area (TPSA) is 51.2 Å². The molecule has 0 bridgehead atoms. The Labute approximate surface area is 123 Å². The van der Waals surface area contributed by atoms with Gasteiger partial charge in [0.05, 0.1) is 10.6 Å². The molecule has 0 saturated heterocycles. The largest absolute Gasteiger partial charge is 0.289 e. The van der Waals surface area contributed by atoms with Crippen molar-refractivity contribution < 1.29 is 13.2 Å².